The molecule has 1 unspecified atom stereocenters. The van der Waals surface area contributed by atoms with Gasteiger partial charge in [0.1, 0.15) is 5.69 Å². The lowest BCUT2D eigenvalue weighted by molar-refractivity contribution is -0.139. The molecular weight excluding hydrogens is 368 g/mol. The van der Waals surface area contributed by atoms with Gasteiger partial charge in [0.15, 0.2) is 0 Å². The number of amides is 1. The number of hydrogen-bond acceptors (Lipinski definition) is 5. The highest BCUT2D eigenvalue weighted by Crippen LogP contribution is 2.30. The molecule has 0 bridgehead atoms. The summed E-state index contributed by atoms with van der Waals surface area (Å²) in [6.45, 7) is 4.72. The number of carboxylic acid groups (broad SMARTS) is 1. The van der Waals surface area contributed by atoms with E-state index in [-0.39, 0.29) is 23.5 Å². The Morgan fingerprint density at radius 3 is 2.31 bits per heavy atom. The van der Waals surface area contributed by atoms with E-state index in [1.54, 1.807) is 23.1 Å². The summed E-state index contributed by atoms with van der Waals surface area (Å²) in [6.07, 6.45) is 0. The fourth-order valence-electron chi connectivity index (χ4n) is 3.96. The number of fused-ring (bicyclic) bond motifs is 2. The van der Waals surface area contributed by atoms with E-state index in [4.69, 9.17) is 5.73 Å². The molecule has 1 aliphatic rings. The van der Waals surface area contributed by atoms with E-state index in [0.717, 1.165) is 11.1 Å². The summed E-state index contributed by atoms with van der Waals surface area (Å²) in [5.74, 6) is -1.92. The highest BCUT2D eigenvalue weighted by atomic mass is 16.4. The molecule has 2 aromatic carbocycles. The minimum absolute atomic E-state index is 0.0176. The van der Waals surface area contributed by atoms with Crippen LogP contribution in [0, 0.1) is 5.92 Å². The van der Waals surface area contributed by atoms with Crippen molar-refractivity contribution in [3.63, 3.8) is 0 Å². The molecule has 29 heavy (non-hydrogen) atoms. The first-order chi connectivity index (χ1) is 13.8. The minimum Gasteiger partial charge on any atom is -0.481 e. The van der Waals surface area contributed by atoms with Gasteiger partial charge in [0.25, 0.3) is 5.91 Å². The highest BCUT2D eigenvalue weighted by molar-refractivity contribution is 6.05. The van der Waals surface area contributed by atoms with Crippen molar-refractivity contribution in [3.05, 3.63) is 64.8 Å². The van der Waals surface area contributed by atoms with E-state index in [0.29, 0.717) is 29.6 Å². The van der Waals surface area contributed by atoms with Crippen LogP contribution < -0.4 is 5.73 Å². The maximum absolute atomic E-state index is 13.3. The van der Waals surface area contributed by atoms with Gasteiger partial charge in [0.2, 0.25) is 5.95 Å². The molecule has 0 aliphatic carbocycles. The molecule has 1 atom stereocenters. The standard InChI is InChI=1S/C22H22N4O3/c1-12(2)18(21(28)29)13-7-8-17-16(9-13)19(25-22(23)24-17)20(27)26-10-14-5-3-4-6-15(14)11-26/h3-9,12,18H,10-11H2,1-2H3,(H,28,29)(H2,23,24,25). The molecule has 1 aromatic heterocycles. The van der Waals surface area contributed by atoms with Crippen LogP contribution in [0.15, 0.2) is 42.5 Å². The zero-order valence-electron chi connectivity index (χ0n) is 16.3. The molecule has 148 valence electrons. The average Bonchev–Trinajstić information content (AvgIpc) is 3.10. The number of carbonyl (C=O) groups is 2. The number of carbonyl (C=O) groups excluding carboxylic acids is 1. The van der Waals surface area contributed by atoms with Crippen LogP contribution in [0.5, 0.6) is 0 Å². The lowest BCUT2D eigenvalue weighted by Gasteiger charge is -2.19. The molecule has 1 amide bonds. The summed E-state index contributed by atoms with van der Waals surface area (Å²) in [6, 6.07) is 13.1. The first-order valence-electron chi connectivity index (χ1n) is 9.51. The Morgan fingerprint density at radius 1 is 1.07 bits per heavy atom. The van der Waals surface area contributed by atoms with Crippen LogP contribution in [-0.4, -0.2) is 31.9 Å². The number of benzene rings is 2. The number of nitrogens with two attached hydrogens (primary N) is 1. The van der Waals surface area contributed by atoms with E-state index in [1.807, 2.05) is 38.1 Å². The predicted molar refractivity (Wildman–Crippen MR) is 109 cm³/mol. The average molecular weight is 390 g/mol. The van der Waals surface area contributed by atoms with Crippen LogP contribution in [0.1, 0.15) is 46.9 Å². The van der Waals surface area contributed by atoms with Crippen LogP contribution in [0.4, 0.5) is 5.95 Å². The Morgan fingerprint density at radius 2 is 1.72 bits per heavy atom. The number of rotatable bonds is 4. The van der Waals surface area contributed by atoms with Gasteiger partial charge >= 0.3 is 5.97 Å². The van der Waals surface area contributed by atoms with Crippen molar-refractivity contribution >= 4 is 28.7 Å². The molecule has 0 spiro atoms. The van der Waals surface area contributed by atoms with Gasteiger partial charge in [-0.15, -0.1) is 0 Å². The molecule has 0 fully saturated rings. The molecule has 7 nitrogen and oxygen atoms in total. The number of aliphatic carboxylic acids is 1. The van der Waals surface area contributed by atoms with Gasteiger partial charge in [-0.05, 0) is 34.7 Å². The van der Waals surface area contributed by atoms with Gasteiger partial charge in [-0.3, -0.25) is 9.59 Å². The molecule has 0 saturated carbocycles. The molecule has 2 heterocycles. The van der Waals surface area contributed by atoms with Gasteiger partial charge in [-0.1, -0.05) is 44.2 Å². The molecule has 4 rings (SSSR count). The number of nitrogens with zero attached hydrogens (tertiary/aromatic N) is 3. The maximum atomic E-state index is 13.3. The number of hydrogen-bond donors (Lipinski definition) is 2. The normalized spacial score (nSPS) is 14.2. The Bertz CT molecular complexity index is 1100. The third-order valence-electron chi connectivity index (χ3n) is 5.36. The van der Waals surface area contributed by atoms with Crippen molar-refractivity contribution in [2.24, 2.45) is 5.92 Å². The summed E-state index contributed by atoms with van der Waals surface area (Å²) in [5, 5.41) is 10.2. The lowest BCUT2D eigenvalue weighted by Crippen LogP contribution is -2.27. The smallest absolute Gasteiger partial charge is 0.311 e. The van der Waals surface area contributed by atoms with Crippen LogP contribution in [0.25, 0.3) is 10.9 Å². The van der Waals surface area contributed by atoms with E-state index in [1.165, 1.54) is 0 Å². The van der Waals surface area contributed by atoms with E-state index in [9.17, 15) is 14.7 Å². The second-order valence-electron chi connectivity index (χ2n) is 7.70. The number of aromatic nitrogens is 2. The van der Waals surface area contributed by atoms with Crippen LogP contribution in [-0.2, 0) is 17.9 Å². The topological polar surface area (TPSA) is 109 Å². The van der Waals surface area contributed by atoms with Crippen LogP contribution in [0.3, 0.4) is 0 Å². The Balaban J connectivity index is 1.78. The minimum atomic E-state index is -0.904. The van der Waals surface area contributed by atoms with Gasteiger partial charge in [-0.2, -0.15) is 0 Å². The van der Waals surface area contributed by atoms with Gasteiger partial charge in [-0.25, -0.2) is 9.97 Å². The third kappa shape index (κ3) is 3.40. The number of anilines is 1. The third-order valence-corrected chi connectivity index (χ3v) is 5.36. The second-order valence-corrected chi connectivity index (χ2v) is 7.70. The summed E-state index contributed by atoms with van der Waals surface area (Å²) in [7, 11) is 0. The Hall–Kier alpha value is -3.48. The zero-order valence-corrected chi connectivity index (χ0v) is 16.3. The Labute approximate surface area is 168 Å². The highest BCUT2D eigenvalue weighted by Gasteiger charge is 2.28. The fraction of sp³-hybridized carbons (Fsp3) is 0.273. The lowest BCUT2D eigenvalue weighted by atomic mass is 9.87. The SMILES string of the molecule is CC(C)C(C(=O)O)c1ccc2nc(N)nc(C(=O)N3Cc4ccccc4C3)c2c1. The predicted octanol–water partition coefficient (Wildman–Crippen LogP) is 3.19. The van der Waals surface area contributed by atoms with E-state index < -0.39 is 11.9 Å². The van der Waals surface area contributed by atoms with E-state index >= 15 is 0 Å². The molecule has 0 radical (unpaired) electrons. The summed E-state index contributed by atoms with van der Waals surface area (Å²) < 4.78 is 0. The maximum Gasteiger partial charge on any atom is 0.311 e. The van der Waals surface area contributed by atoms with Crippen molar-refractivity contribution < 1.29 is 14.7 Å². The summed E-state index contributed by atoms with van der Waals surface area (Å²) in [4.78, 5) is 35.2. The first-order valence-corrected chi connectivity index (χ1v) is 9.51. The van der Waals surface area contributed by atoms with Gasteiger partial charge in [0, 0.05) is 18.5 Å². The van der Waals surface area contributed by atoms with Crippen molar-refractivity contribution in [1.82, 2.24) is 14.9 Å². The van der Waals surface area contributed by atoms with Crippen molar-refractivity contribution in [3.8, 4) is 0 Å². The second kappa shape index (κ2) is 7.16. The number of carboxylic acids is 1. The molecular formula is C22H22N4O3. The van der Waals surface area contributed by atoms with Gasteiger partial charge in [0.05, 0.1) is 11.4 Å². The van der Waals surface area contributed by atoms with Crippen molar-refractivity contribution in [2.45, 2.75) is 32.9 Å². The summed E-state index contributed by atoms with van der Waals surface area (Å²) in [5.41, 5.74) is 9.42. The summed E-state index contributed by atoms with van der Waals surface area (Å²) >= 11 is 0. The molecule has 0 saturated heterocycles. The molecule has 7 heteroatoms. The molecule has 3 N–H and O–H groups in total. The van der Waals surface area contributed by atoms with Crippen LogP contribution >= 0.6 is 0 Å². The van der Waals surface area contributed by atoms with Crippen LogP contribution in [0.2, 0.25) is 0 Å². The van der Waals surface area contributed by atoms with E-state index in [2.05, 4.69) is 9.97 Å². The zero-order chi connectivity index (χ0) is 20.7. The van der Waals surface area contributed by atoms with Crippen molar-refractivity contribution in [1.29, 1.82) is 0 Å². The fourth-order valence-corrected chi connectivity index (χ4v) is 3.96. The quantitative estimate of drug-likeness (QED) is 0.708. The largest absolute Gasteiger partial charge is 0.481 e. The number of nitrogen functional groups attached to an aromatic ring is 1. The first kappa shape index (κ1) is 18.9. The van der Waals surface area contributed by atoms with Crippen molar-refractivity contribution in [2.75, 3.05) is 5.73 Å². The monoisotopic (exact) mass is 390 g/mol. The van der Waals surface area contributed by atoms with Gasteiger partial charge < -0.3 is 15.7 Å². The molecule has 1 aliphatic heterocycles. The molecule has 3 aromatic rings. The Kier molecular flexibility index (Phi) is 4.66.